The number of benzene rings is 1. The number of ether oxygens (including phenoxy) is 2. The van der Waals surface area contributed by atoms with E-state index in [1.165, 1.54) is 12.7 Å². The van der Waals surface area contributed by atoms with Gasteiger partial charge >= 0.3 is 0 Å². The van der Waals surface area contributed by atoms with Crippen molar-refractivity contribution in [3.05, 3.63) is 73.0 Å². The summed E-state index contributed by atoms with van der Waals surface area (Å²) in [6.07, 6.45) is 8.27. The first kappa shape index (κ1) is 28.8. The van der Waals surface area contributed by atoms with Crippen LogP contribution in [0.25, 0.3) is 16.7 Å². The average Bonchev–Trinajstić information content (AvgIpc) is 3.47. The Hall–Kier alpha value is -5.30. The molecule has 44 heavy (non-hydrogen) atoms. The summed E-state index contributed by atoms with van der Waals surface area (Å²) in [6.45, 7) is 6.66. The first-order valence-corrected chi connectivity index (χ1v) is 14.4. The number of nitrogens with zero attached hydrogens (tertiary/aromatic N) is 9. The zero-order valence-corrected chi connectivity index (χ0v) is 25.1. The summed E-state index contributed by atoms with van der Waals surface area (Å²) in [5.74, 6) is 3.15. The molecule has 5 heterocycles. The molecule has 13 heteroatoms. The summed E-state index contributed by atoms with van der Waals surface area (Å²) >= 11 is 0. The molecule has 1 aromatic carbocycles. The second-order valence-electron chi connectivity index (χ2n) is 10.7. The van der Waals surface area contributed by atoms with Crippen LogP contribution in [0.15, 0.2) is 67.4 Å². The highest BCUT2D eigenvalue weighted by Gasteiger charge is 2.23. The third-order valence-electron chi connectivity index (χ3n) is 7.21. The number of anilines is 3. The number of hydrogen-bond acceptors (Lipinski definition) is 11. The van der Waals surface area contributed by atoms with Crippen LogP contribution in [0.5, 0.6) is 17.2 Å². The lowest BCUT2D eigenvalue weighted by Gasteiger charge is -2.32. The molecule has 0 atom stereocenters. The molecule has 1 aliphatic rings. The number of nitrogens with one attached hydrogen (secondary N) is 1. The zero-order chi connectivity index (χ0) is 30.6. The molecule has 1 N–H and O–H groups in total. The van der Waals surface area contributed by atoms with E-state index in [2.05, 4.69) is 37.2 Å². The highest BCUT2D eigenvalue weighted by Crippen LogP contribution is 2.34. The molecule has 4 aromatic heterocycles. The number of rotatable bonds is 8. The molecule has 0 saturated heterocycles. The third kappa shape index (κ3) is 6.22. The summed E-state index contributed by atoms with van der Waals surface area (Å²) in [7, 11) is 3.92. The van der Waals surface area contributed by atoms with Crippen molar-refractivity contribution in [3.63, 3.8) is 0 Å². The fourth-order valence-corrected chi connectivity index (χ4v) is 4.86. The summed E-state index contributed by atoms with van der Waals surface area (Å²) in [5, 5.41) is 7.52. The second kappa shape index (κ2) is 12.5. The number of aromatic nitrogens is 6. The monoisotopic (exact) mass is 594 g/mol. The van der Waals surface area contributed by atoms with Crippen LogP contribution in [0.1, 0.15) is 12.5 Å². The van der Waals surface area contributed by atoms with Crippen LogP contribution < -0.4 is 19.7 Å². The van der Waals surface area contributed by atoms with Gasteiger partial charge in [-0.1, -0.05) is 6.08 Å². The maximum Gasteiger partial charge on any atom is 0.248 e. The van der Waals surface area contributed by atoms with Gasteiger partial charge in [0.25, 0.3) is 0 Å². The third-order valence-corrected chi connectivity index (χ3v) is 7.21. The van der Waals surface area contributed by atoms with Gasteiger partial charge in [0.15, 0.2) is 29.8 Å². The van der Waals surface area contributed by atoms with Gasteiger partial charge in [-0.05, 0) is 57.8 Å². The van der Waals surface area contributed by atoms with E-state index >= 15 is 0 Å². The van der Waals surface area contributed by atoms with E-state index in [-0.39, 0.29) is 12.6 Å². The topological polar surface area (TPSA) is 126 Å². The predicted octanol–water partition coefficient (Wildman–Crippen LogP) is 4.03. The van der Waals surface area contributed by atoms with Crippen LogP contribution >= 0.6 is 0 Å². The maximum absolute atomic E-state index is 12.8. The van der Waals surface area contributed by atoms with Gasteiger partial charge in [-0.25, -0.2) is 24.5 Å². The Balaban J connectivity index is 1.22. The Kier molecular flexibility index (Phi) is 8.19. The molecule has 6 rings (SSSR count). The fourth-order valence-electron chi connectivity index (χ4n) is 4.86. The van der Waals surface area contributed by atoms with Crippen molar-refractivity contribution < 1.29 is 14.3 Å². The molecule has 0 fully saturated rings. The van der Waals surface area contributed by atoms with Crippen molar-refractivity contribution in [1.82, 2.24) is 39.3 Å². The summed E-state index contributed by atoms with van der Waals surface area (Å²) in [5.41, 5.74) is 3.72. The summed E-state index contributed by atoms with van der Waals surface area (Å²) < 4.78 is 13.9. The largest absolute Gasteiger partial charge is 0.469 e. The number of carbonyl (C=O) groups excluding carboxylic acids is 1. The molecule has 1 aliphatic heterocycles. The van der Waals surface area contributed by atoms with E-state index in [0.29, 0.717) is 66.0 Å². The normalized spacial score (nSPS) is 13.7. The van der Waals surface area contributed by atoms with Gasteiger partial charge < -0.3 is 29.5 Å². The molecule has 5 aromatic rings. The number of fused-ring (bicyclic) bond motifs is 3. The lowest BCUT2D eigenvalue weighted by atomic mass is 10.2. The molecular formula is C31H34N10O3. The van der Waals surface area contributed by atoms with Crippen LogP contribution in [-0.2, 0) is 4.79 Å². The Morgan fingerprint density at radius 3 is 2.82 bits per heavy atom. The highest BCUT2D eigenvalue weighted by molar-refractivity contribution is 5.90. The molecular weight excluding hydrogens is 560 g/mol. The SMILES string of the molecule is CCN1CCN(C(=O)/C=C/CN(C)C)COc2cc3ncnc(Nc4ccc(Oc5ccn6ncnc6c5)c(C)c4)c3nc21. The second-order valence-corrected chi connectivity index (χ2v) is 10.7. The van der Waals surface area contributed by atoms with Gasteiger partial charge in [-0.3, -0.25) is 4.79 Å². The number of carbonyl (C=O) groups is 1. The number of pyridine rings is 2. The summed E-state index contributed by atoms with van der Waals surface area (Å²) in [6, 6.07) is 11.4. The van der Waals surface area contributed by atoms with Gasteiger partial charge in [-0.2, -0.15) is 5.10 Å². The number of likely N-dealkylation sites (N-methyl/N-ethyl adjacent to an activating group) is 2. The highest BCUT2D eigenvalue weighted by atomic mass is 16.5. The molecule has 0 aliphatic carbocycles. The molecule has 226 valence electrons. The fraction of sp³-hybridized carbons (Fsp3) is 0.290. The van der Waals surface area contributed by atoms with Crippen LogP contribution in [0.3, 0.4) is 0 Å². The van der Waals surface area contributed by atoms with E-state index in [9.17, 15) is 4.79 Å². The lowest BCUT2D eigenvalue weighted by molar-refractivity contribution is -0.128. The van der Waals surface area contributed by atoms with Gasteiger partial charge in [0.2, 0.25) is 5.91 Å². The van der Waals surface area contributed by atoms with Crippen LogP contribution in [-0.4, -0.2) is 92.3 Å². The van der Waals surface area contributed by atoms with E-state index in [1.807, 2.05) is 74.6 Å². The average molecular weight is 595 g/mol. The van der Waals surface area contributed by atoms with Gasteiger partial charge in [-0.15, -0.1) is 0 Å². The van der Waals surface area contributed by atoms with E-state index in [4.69, 9.17) is 14.5 Å². The van der Waals surface area contributed by atoms with Crippen molar-refractivity contribution >= 4 is 39.9 Å². The molecule has 13 nitrogen and oxygen atoms in total. The number of amides is 1. The van der Waals surface area contributed by atoms with E-state index in [0.717, 1.165) is 17.0 Å². The Morgan fingerprint density at radius 2 is 2.00 bits per heavy atom. The Bertz CT molecular complexity index is 1840. The molecule has 1 amide bonds. The lowest BCUT2D eigenvalue weighted by Crippen LogP contribution is -2.42. The first-order valence-electron chi connectivity index (χ1n) is 14.4. The molecule has 0 radical (unpaired) electrons. The minimum atomic E-state index is -0.0861. The minimum absolute atomic E-state index is 0.0861. The quantitative estimate of drug-likeness (QED) is 0.262. The standard InChI is InChI=1S/C31H34N10O3/c1-5-39-13-14-40(28(42)7-6-11-38(3)4)20-43-26-17-24-29(37-31(26)39)30(34-18-32-24)36-22-8-9-25(21(2)15-22)44-23-10-12-41-27(16-23)33-19-35-41/h6-10,12,15-19H,5,11,13-14,20H2,1-4H3,(H,32,34,36)/b7-6+. The number of hydrogen-bond donors (Lipinski definition) is 1. The smallest absolute Gasteiger partial charge is 0.248 e. The van der Waals surface area contributed by atoms with E-state index in [1.54, 1.807) is 15.5 Å². The maximum atomic E-state index is 12.8. The molecule has 0 bridgehead atoms. The first-order chi connectivity index (χ1) is 21.4. The Labute approximate surface area is 254 Å². The van der Waals surface area contributed by atoms with Crippen LogP contribution in [0.2, 0.25) is 0 Å². The van der Waals surface area contributed by atoms with Crippen molar-refractivity contribution in [2.24, 2.45) is 0 Å². The molecule has 0 unspecified atom stereocenters. The van der Waals surface area contributed by atoms with Crippen molar-refractivity contribution in [2.75, 3.05) is 57.2 Å². The van der Waals surface area contributed by atoms with Crippen LogP contribution in [0, 0.1) is 6.92 Å². The minimum Gasteiger partial charge on any atom is -0.469 e. The number of aryl methyl sites for hydroxylation is 1. The molecule has 0 saturated carbocycles. The zero-order valence-electron chi connectivity index (χ0n) is 25.1. The van der Waals surface area contributed by atoms with Crippen molar-refractivity contribution in [3.8, 4) is 17.2 Å². The van der Waals surface area contributed by atoms with Gasteiger partial charge in [0, 0.05) is 56.3 Å². The van der Waals surface area contributed by atoms with E-state index < -0.39 is 0 Å². The molecule has 0 spiro atoms. The summed E-state index contributed by atoms with van der Waals surface area (Å²) in [4.78, 5) is 36.8. The Morgan fingerprint density at radius 1 is 1.11 bits per heavy atom. The van der Waals surface area contributed by atoms with Gasteiger partial charge in [0.05, 0.1) is 5.52 Å². The van der Waals surface area contributed by atoms with Gasteiger partial charge in [0.1, 0.15) is 29.7 Å². The van der Waals surface area contributed by atoms with Crippen LogP contribution in [0.4, 0.5) is 17.3 Å². The van der Waals surface area contributed by atoms with Crippen molar-refractivity contribution in [1.29, 1.82) is 0 Å². The van der Waals surface area contributed by atoms with Crippen molar-refractivity contribution in [2.45, 2.75) is 13.8 Å². The predicted molar refractivity (Wildman–Crippen MR) is 168 cm³/mol.